The first kappa shape index (κ1) is 19.8. The summed E-state index contributed by atoms with van der Waals surface area (Å²) in [5, 5.41) is 19.2. The Morgan fingerprint density at radius 3 is 2.43 bits per heavy atom. The van der Waals surface area contributed by atoms with Gasteiger partial charge in [-0.15, -0.1) is 0 Å². The van der Waals surface area contributed by atoms with E-state index in [2.05, 4.69) is 5.32 Å². The molecule has 2 atom stereocenters. The minimum Gasteiger partial charge on any atom is -0.480 e. The summed E-state index contributed by atoms with van der Waals surface area (Å²) in [6, 6.07) is 6.08. The average Bonchev–Trinajstić information content (AvgIpc) is 3.06. The molecular weight excluding hydrogens is 362 g/mol. The zero-order valence-corrected chi connectivity index (χ0v) is 15.6. The quantitative estimate of drug-likeness (QED) is 0.375. The molecule has 2 fully saturated rings. The summed E-state index contributed by atoms with van der Waals surface area (Å²) in [7, 11) is 0. The van der Waals surface area contributed by atoms with E-state index in [1.165, 1.54) is 0 Å². The zero-order valence-electron chi connectivity index (χ0n) is 15.6. The smallest absolute Gasteiger partial charge is 0.317 e. The molecule has 1 aromatic carbocycles. The maximum atomic E-state index is 12.8. The van der Waals surface area contributed by atoms with E-state index in [9.17, 15) is 14.4 Å². The van der Waals surface area contributed by atoms with E-state index < -0.39 is 18.1 Å². The highest BCUT2D eigenvalue weighted by Crippen LogP contribution is 2.25. The molecule has 150 valence electrons. The number of hydrogen-bond donors (Lipinski definition) is 4. The number of rotatable bonds is 7. The van der Waals surface area contributed by atoms with Crippen LogP contribution in [-0.4, -0.2) is 70.2 Å². The van der Waals surface area contributed by atoms with Gasteiger partial charge < -0.3 is 21.1 Å². The lowest BCUT2D eigenvalue weighted by molar-refractivity contribution is -0.152. The molecule has 0 saturated carbocycles. The molecule has 28 heavy (non-hydrogen) atoms. The van der Waals surface area contributed by atoms with Gasteiger partial charge in [0.2, 0.25) is 11.8 Å². The number of carboxylic acids is 1. The van der Waals surface area contributed by atoms with Crippen LogP contribution in [-0.2, 0) is 20.9 Å². The van der Waals surface area contributed by atoms with Crippen LogP contribution in [0.4, 0.5) is 0 Å². The largest absolute Gasteiger partial charge is 0.480 e. The molecule has 0 aliphatic carbocycles. The Labute approximate surface area is 163 Å². The van der Waals surface area contributed by atoms with Crippen molar-refractivity contribution < 1.29 is 19.5 Å². The minimum atomic E-state index is -0.951. The van der Waals surface area contributed by atoms with Crippen LogP contribution in [0, 0.1) is 5.41 Å². The van der Waals surface area contributed by atoms with Gasteiger partial charge in [0.1, 0.15) is 11.9 Å². The number of hydrogen-bond acceptors (Lipinski definition) is 5. The summed E-state index contributed by atoms with van der Waals surface area (Å²) in [6.45, 7) is 1.27. The highest BCUT2D eigenvalue weighted by atomic mass is 16.4. The number of benzene rings is 1. The first-order valence-corrected chi connectivity index (χ1v) is 9.34. The summed E-state index contributed by atoms with van der Waals surface area (Å²) < 4.78 is 0. The molecule has 9 nitrogen and oxygen atoms in total. The summed E-state index contributed by atoms with van der Waals surface area (Å²) >= 11 is 0. The van der Waals surface area contributed by atoms with Gasteiger partial charge in [-0.3, -0.25) is 24.7 Å². The molecule has 2 heterocycles. The van der Waals surface area contributed by atoms with Gasteiger partial charge in [0.05, 0.1) is 12.6 Å². The number of nitrogens with two attached hydrogens (primary N) is 1. The Kier molecular flexibility index (Phi) is 5.93. The molecule has 0 radical (unpaired) electrons. The van der Waals surface area contributed by atoms with Gasteiger partial charge in [-0.25, -0.2) is 0 Å². The number of carbonyl (C=O) groups is 3. The van der Waals surface area contributed by atoms with Crippen LogP contribution in [0.25, 0.3) is 0 Å². The summed E-state index contributed by atoms with van der Waals surface area (Å²) in [6.07, 6.45) is 2.01. The zero-order chi connectivity index (χ0) is 20.3. The van der Waals surface area contributed by atoms with Crippen molar-refractivity contribution in [3.05, 3.63) is 35.4 Å². The number of carbonyl (C=O) groups excluding carboxylic acids is 2. The molecule has 0 bridgehead atoms. The van der Waals surface area contributed by atoms with E-state index in [0.717, 1.165) is 12.0 Å². The number of aliphatic carboxylic acids is 1. The molecule has 3 rings (SSSR count). The van der Waals surface area contributed by atoms with Crippen LogP contribution in [0.15, 0.2) is 24.3 Å². The maximum absolute atomic E-state index is 12.8. The minimum absolute atomic E-state index is 0.0111. The Morgan fingerprint density at radius 2 is 1.86 bits per heavy atom. The standard InChI is InChI=1S/C19H25N5O4/c20-17(21)13-5-3-12(4-6-13)10-22-18(27)14-7-9-24(14)19(28)15-2-1-8-23(15)11-16(25)26/h3-6,14-15H,1-2,7-11H2,(H3,20,21)(H,22,27)(H,25,26)/t14-,15+/m0/s1. The number of carboxylic acid groups (broad SMARTS) is 1. The fourth-order valence-corrected chi connectivity index (χ4v) is 3.69. The van der Waals surface area contributed by atoms with Crippen LogP contribution >= 0.6 is 0 Å². The van der Waals surface area contributed by atoms with E-state index >= 15 is 0 Å². The topological polar surface area (TPSA) is 140 Å². The monoisotopic (exact) mass is 387 g/mol. The fraction of sp³-hybridized carbons (Fsp3) is 0.474. The first-order chi connectivity index (χ1) is 13.4. The lowest BCUT2D eigenvalue weighted by Gasteiger charge is -2.42. The van der Waals surface area contributed by atoms with Gasteiger partial charge in [0.15, 0.2) is 0 Å². The van der Waals surface area contributed by atoms with Crippen LogP contribution in [0.5, 0.6) is 0 Å². The highest BCUT2D eigenvalue weighted by molar-refractivity contribution is 5.95. The molecule has 0 spiro atoms. The molecule has 9 heteroatoms. The summed E-state index contributed by atoms with van der Waals surface area (Å²) in [5.74, 6) is -1.33. The second-order valence-electron chi connectivity index (χ2n) is 7.19. The van der Waals surface area contributed by atoms with Gasteiger partial charge in [-0.1, -0.05) is 24.3 Å². The van der Waals surface area contributed by atoms with Gasteiger partial charge in [-0.05, 0) is 31.4 Å². The molecule has 2 amide bonds. The van der Waals surface area contributed by atoms with E-state index in [1.54, 1.807) is 34.1 Å². The van der Waals surface area contributed by atoms with Gasteiger partial charge in [0.25, 0.3) is 0 Å². The second kappa shape index (κ2) is 8.39. The molecule has 2 saturated heterocycles. The van der Waals surface area contributed by atoms with Crippen molar-refractivity contribution in [3.63, 3.8) is 0 Å². The second-order valence-corrected chi connectivity index (χ2v) is 7.19. The number of nitrogens with zero attached hydrogens (tertiary/aromatic N) is 2. The van der Waals surface area contributed by atoms with Crippen molar-refractivity contribution in [2.75, 3.05) is 19.6 Å². The molecule has 0 aromatic heterocycles. The first-order valence-electron chi connectivity index (χ1n) is 9.34. The molecule has 5 N–H and O–H groups in total. The molecular formula is C19H25N5O4. The van der Waals surface area contributed by atoms with Gasteiger partial charge in [-0.2, -0.15) is 0 Å². The van der Waals surface area contributed by atoms with E-state index in [-0.39, 0.29) is 24.2 Å². The molecule has 2 aliphatic rings. The number of nitrogens with one attached hydrogen (secondary N) is 2. The Hall–Kier alpha value is -2.94. The summed E-state index contributed by atoms with van der Waals surface area (Å²) in [4.78, 5) is 39.5. The van der Waals surface area contributed by atoms with Crippen LogP contribution in [0.2, 0.25) is 0 Å². The fourth-order valence-electron chi connectivity index (χ4n) is 3.69. The number of nitrogen functional groups attached to an aromatic ring is 1. The van der Waals surface area contributed by atoms with Gasteiger partial charge in [0, 0.05) is 18.7 Å². The SMILES string of the molecule is N=C(N)c1ccc(CNC(=O)[C@@H]2CCN2C(=O)[C@H]2CCCN2CC(=O)O)cc1. The molecule has 1 aromatic rings. The molecule has 2 aliphatic heterocycles. The van der Waals surface area contributed by atoms with Crippen LogP contribution in [0.3, 0.4) is 0 Å². The highest BCUT2D eigenvalue weighted by Gasteiger charge is 2.43. The Morgan fingerprint density at radius 1 is 1.14 bits per heavy atom. The third kappa shape index (κ3) is 4.30. The van der Waals surface area contributed by atoms with E-state index in [0.29, 0.717) is 38.0 Å². The van der Waals surface area contributed by atoms with E-state index in [1.807, 2.05) is 0 Å². The lowest BCUT2D eigenvalue weighted by Crippen LogP contribution is -2.61. The van der Waals surface area contributed by atoms with Crippen LogP contribution < -0.4 is 11.1 Å². The lowest BCUT2D eigenvalue weighted by atomic mass is 9.99. The third-order valence-electron chi connectivity index (χ3n) is 5.32. The number of amidine groups is 1. The summed E-state index contributed by atoms with van der Waals surface area (Å²) in [5.41, 5.74) is 6.92. The van der Waals surface area contributed by atoms with Crippen molar-refractivity contribution in [2.24, 2.45) is 5.73 Å². The predicted molar refractivity (Wildman–Crippen MR) is 102 cm³/mol. The Bertz CT molecular complexity index is 779. The van der Waals surface area contributed by atoms with Crippen molar-refractivity contribution >= 4 is 23.6 Å². The third-order valence-corrected chi connectivity index (χ3v) is 5.32. The maximum Gasteiger partial charge on any atom is 0.317 e. The Balaban J connectivity index is 1.54. The van der Waals surface area contributed by atoms with Crippen molar-refractivity contribution in [2.45, 2.75) is 37.9 Å². The van der Waals surface area contributed by atoms with Crippen molar-refractivity contribution in [3.8, 4) is 0 Å². The van der Waals surface area contributed by atoms with E-state index in [4.69, 9.17) is 16.2 Å². The number of likely N-dealkylation sites (tertiary alicyclic amines) is 2. The predicted octanol–water partition coefficient (Wildman–Crippen LogP) is -0.263. The van der Waals surface area contributed by atoms with Gasteiger partial charge >= 0.3 is 5.97 Å². The van der Waals surface area contributed by atoms with Crippen molar-refractivity contribution in [1.29, 1.82) is 5.41 Å². The normalized spacial score (nSPS) is 21.8. The average molecular weight is 387 g/mol. The molecule has 0 unspecified atom stereocenters. The number of amides is 2. The van der Waals surface area contributed by atoms with Crippen LogP contribution in [0.1, 0.15) is 30.4 Å². The van der Waals surface area contributed by atoms with Crippen molar-refractivity contribution in [1.82, 2.24) is 15.1 Å².